The van der Waals surface area contributed by atoms with E-state index in [-0.39, 0.29) is 42.9 Å². The summed E-state index contributed by atoms with van der Waals surface area (Å²) in [4.78, 5) is 45.8. The standard InChI is InChI=1S/C22H24N4O3/c1-15(2)26(14-19-24-18-11-7-6-10-17(18)22(29)25-19)21(28)13-23-20(27)12-16-8-4-3-5-9-16/h3-11,15H,12-14H2,1-2H3,(H,23,27)(H,24,25,29). The highest BCUT2D eigenvalue weighted by Gasteiger charge is 2.19. The largest absolute Gasteiger partial charge is 0.347 e. The number of para-hydroxylation sites is 1. The Hall–Kier alpha value is -3.48. The van der Waals surface area contributed by atoms with E-state index in [1.54, 1.807) is 23.1 Å². The number of rotatable bonds is 7. The van der Waals surface area contributed by atoms with Crippen molar-refractivity contribution in [2.45, 2.75) is 32.9 Å². The van der Waals surface area contributed by atoms with Crippen molar-refractivity contribution in [2.24, 2.45) is 0 Å². The second-order valence-electron chi connectivity index (χ2n) is 7.08. The van der Waals surface area contributed by atoms with Crippen molar-refractivity contribution in [1.29, 1.82) is 0 Å². The number of nitrogens with zero attached hydrogens (tertiary/aromatic N) is 2. The maximum Gasteiger partial charge on any atom is 0.258 e. The molecule has 0 unspecified atom stereocenters. The molecule has 0 fully saturated rings. The van der Waals surface area contributed by atoms with Crippen LogP contribution in [0.15, 0.2) is 59.4 Å². The predicted octanol–water partition coefficient (Wildman–Crippen LogP) is 2.02. The fourth-order valence-electron chi connectivity index (χ4n) is 3.05. The average Bonchev–Trinajstić information content (AvgIpc) is 2.71. The molecule has 0 aliphatic heterocycles. The van der Waals surface area contributed by atoms with E-state index in [1.165, 1.54) is 0 Å². The van der Waals surface area contributed by atoms with E-state index >= 15 is 0 Å². The molecular weight excluding hydrogens is 368 g/mol. The number of carbonyl (C=O) groups is 2. The van der Waals surface area contributed by atoms with Gasteiger partial charge in [0, 0.05) is 6.04 Å². The summed E-state index contributed by atoms with van der Waals surface area (Å²) >= 11 is 0. The lowest BCUT2D eigenvalue weighted by atomic mass is 10.1. The summed E-state index contributed by atoms with van der Waals surface area (Å²) in [5.41, 5.74) is 1.23. The summed E-state index contributed by atoms with van der Waals surface area (Å²) < 4.78 is 0. The predicted molar refractivity (Wildman–Crippen MR) is 111 cm³/mol. The summed E-state index contributed by atoms with van der Waals surface area (Å²) in [6.07, 6.45) is 0.218. The first-order valence-electron chi connectivity index (χ1n) is 9.52. The lowest BCUT2D eigenvalue weighted by Crippen LogP contribution is -2.44. The maximum atomic E-state index is 12.7. The smallest absolute Gasteiger partial charge is 0.258 e. The number of aromatic amines is 1. The number of aromatic nitrogens is 2. The van der Waals surface area contributed by atoms with Crippen molar-refractivity contribution in [3.05, 3.63) is 76.3 Å². The van der Waals surface area contributed by atoms with Crippen LogP contribution in [0.4, 0.5) is 0 Å². The van der Waals surface area contributed by atoms with Gasteiger partial charge in [0.25, 0.3) is 5.56 Å². The molecule has 2 N–H and O–H groups in total. The van der Waals surface area contributed by atoms with Crippen LogP contribution in [0.1, 0.15) is 25.2 Å². The monoisotopic (exact) mass is 392 g/mol. The molecule has 0 atom stereocenters. The van der Waals surface area contributed by atoms with Gasteiger partial charge in [0.2, 0.25) is 11.8 Å². The molecule has 0 saturated carbocycles. The van der Waals surface area contributed by atoms with Crippen molar-refractivity contribution in [2.75, 3.05) is 6.54 Å². The molecule has 0 aliphatic carbocycles. The van der Waals surface area contributed by atoms with Crippen molar-refractivity contribution < 1.29 is 9.59 Å². The van der Waals surface area contributed by atoms with E-state index < -0.39 is 0 Å². The van der Waals surface area contributed by atoms with Gasteiger partial charge in [0.05, 0.1) is 30.4 Å². The second kappa shape index (κ2) is 9.14. The van der Waals surface area contributed by atoms with Crippen LogP contribution in [-0.2, 0) is 22.6 Å². The highest BCUT2D eigenvalue weighted by molar-refractivity contribution is 5.86. The number of carbonyl (C=O) groups excluding carboxylic acids is 2. The van der Waals surface area contributed by atoms with Gasteiger partial charge in [-0.15, -0.1) is 0 Å². The second-order valence-corrected chi connectivity index (χ2v) is 7.08. The minimum absolute atomic E-state index is 0.109. The molecule has 0 radical (unpaired) electrons. The number of benzene rings is 2. The molecule has 3 rings (SSSR count). The maximum absolute atomic E-state index is 12.7. The molecule has 0 saturated heterocycles. The number of amides is 2. The number of fused-ring (bicyclic) bond motifs is 1. The lowest BCUT2D eigenvalue weighted by Gasteiger charge is -2.26. The fourth-order valence-corrected chi connectivity index (χ4v) is 3.05. The number of hydrogen-bond acceptors (Lipinski definition) is 4. The molecule has 1 heterocycles. The van der Waals surface area contributed by atoms with Gasteiger partial charge in [0.1, 0.15) is 5.82 Å². The van der Waals surface area contributed by atoms with Gasteiger partial charge in [0.15, 0.2) is 0 Å². The van der Waals surface area contributed by atoms with Crippen molar-refractivity contribution >= 4 is 22.7 Å². The highest BCUT2D eigenvalue weighted by Crippen LogP contribution is 2.09. The Morgan fingerprint density at radius 1 is 1.07 bits per heavy atom. The molecule has 2 aromatic carbocycles. The Kier molecular flexibility index (Phi) is 6.39. The van der Waals surface area contributed by atoms with Crippen LogP contribution in [-0.4, -0.2) is 39.3 Å². The molecule has 29 heavy (non-hydrogen) atoms. The van der Waals surface area contributed by atoms with Crippen LogP contribution in [0.3, 0.4) is 0 Å². The Labute approximate surface area is 168 Å². The van der Waals surface area contributed by atoms with Gasteiger partial charge in [-0.25, -0.2) is 4.98 Å². The molecular formula is C22H24N4O3. The highest BCUT2D eigenvalue weighted by atomic mass is 16.2. The average molecular weight is 392 g/mol. The number of H-pyrrole nitrogens is 1. The van der Waals surface area contributed by atoms with Crippen LogP contribution in [0.2, 0.25) is 0 Å². The Morgan fingerprint density at radius 3 is 2.48 bits per heavy atom. The molecule has 7 nitrogen and oxygen atoms in total. The van der Waals surface area contributed by atoms with Crippen molar-refractivity contribution in [3.63, 3.8) is 0 Å². The summed E-state index contributed by atoms with van der Waals surface area (Å²) in [7, 11) is 0. The third-order valence-electron chi connectivity index (χ3n) is 4.57. The van der Waals surface area contributed by atoms with E-state index in [2.05, 4.69) is 15.3 Å². The summed E-state index contributed by atoms with van der Waals surface area (Å²) in [5.74, 6) is -0.0472. The topological polar surface area (TPSA) is 95.2 Å². The van der Waals surface area contributed by atoms with Crippen LogP contribution in [0.25, 0.3) is 10.9 Å². The first kappa shape index (κ1) is 20.3. The molecule has 150 valence electrons. The quantitative estimate of drug-likeness (QED) is 0.643. The Bertz CT molecular complexity index is 1060. The van der Waals surface area contributed by atoms with E-state index in [0.29, 0.717) is 16.7 Å². The van der Waals surface area contributed by atoms with Crippen LogP contribution >= 0.6 is 0 Å². The van der Waals surface area contributed by atoms with Crippen LogP contribution in [0.5, 0.6) is 0 Å². The minimum atomic E-state index is -0.239. The van der Waals surface area contributed by atoms with Gasteiger partial charge < -0.3 is 15.2 Å². The number of nitrogens with one attached hydrogen (secondary N) is 2. The number of hydrogen-bond donors (Lipinski definition) is 2. The van der Waals surface area contributed by atoms with Crippen molar-refractivity contribution in [1.82, 2.24) is 20.2 Å². The normalized spacial score (nSPS) is 10.9. The first-order valence-corrected chi connectivity index (χ1v) is 9.52. The van der Waals surface area contributed by atoms with E-state index in [4.69, 9.17) is 0 Å². The Morgan fingerprint density at radius 2 is 1.76 bits per heavy atom. The zero-order valence-corrected chi connectivity index (χ0v) is 16.5. The van der Waals surface area contributed by atoms with E-state index in [9.17, 15) is 14.4 Å². The molecule has 7 heteroatoms. The zero-order valence-electron chi connectivity index (χ0n) is 16.5. The third-order valence-corrected chi connectivity index (χ3v) is 4.57. The molecule has 1 aromatic heterocycles. The lowest BCUT2D eigenvalue weighted by molar-refractivity contribution is -0.134. The minimum Gasteiger partial charge on any atom is -0.347 e. The van der Waals surface area contributed by atoms with Crippen LogP contribution < -0.4 is 10.9 Å². The van der Waals surface area contributed by atoms with Gasteiger partial charge in [-0.2, -0.15) is 0 Å². The summed E-state index contributed by atoms with van der Waals surface area (Å²) in [6, 6.07) is 16.3. The van der Waals surface area contributed by atoms with Crippen molar-refractivity contribution in [3.8, 4) is 0 Å². The zero-order chi connectivity index (χ0) is 20.8. The van der Waals surface area contributed by atoms with Gasteiger partial charge in [-0.1, -0.05) is 42.5 Å². The van der Waals surface area contributed by atoms with Crippen LogP contribution in [0, 0.1) is 0 Å². The van der Waals surface area contributed by atoms with E-state index in [1.807, 2.05) is 50.2 Å². The van der Waals surface area contributed by atoms with Gasteiger partial charge >= 0.3 is 0 Å². The molecule has 3 aromatic rings. The SMILES string of the molecule is CC(C)N(Cc1nc2ccccc2c(=O)[nH]1)C(=O)CNC(=O)Cc1ccccc1. The summed E-state index contributed by atoms with van der Waals surface area (Å²) in [5, 5.41) is 3.18. The third kappa shape index (κ3) is 5.28. The molecule has 0 bridgehead atoms. The Balaban J connectivity index is 1.65. The first-order chi connectivity index (χ1) is 13.9. The fraction of sp³-hybridized carbons (Fsp3) is 0.273. The molecule has 0 aliphatic rings. The molecule has 2 amide bonds. The van der Waals surface area contributed by atoms with Gasteiger partial charge in [-0.3, -0.25) is 14.4 Å². The molecule has 0 spiro atoms. The van der Waals surface area contributed by atoms with Gasteiger partial charge in [-0.05, 0) is 31.5 Å². The van der Waals surface area contributed by atoms with E-state index in [0.717, 1.165) is 5.56 Å². The summed E-state index contributed by atoms with van der Waals surface area (Å²) in [6.45, 7) is 3.80.